The lowest BCUT2D eigenvalue weighted by atomic mass is 10.0. The molecule has 0 aromatic heterocycles. The van der Waals surface area contributed by atoms with Gasteiger partial charge in [-0.2, -0.15) is 17.5 Å². The number of piperidine rings is 1. The van der Waals surface area contributed by atoms with E-state index in [1.54, 1.807) is 0 Å². The summed E-state index contributed by atoms with van der Waals surface area (Å²) in [6.07, 6.45) is -4.31. The van der Waals surface area contributed by atoms with E-state index in [4.69, 9.17) is 5.11 Å². The number of nitrogens with zero attached hydrogens (tertiary/aromatic N) is 1. The summed E-state index contributed by atoms with van der Waals surface area (Å²) in [7, 11) is -4.25. The van der Waals surface area contributed by atoms with E-state index >= 15 is 0 Å². The molecule has 0 aliphatic carbocycles. The molecule has 1 aromatic carbocycles. The predicted octanol–water partition coefficient (Wildman–Crippen LogP) is 2.33. The van der Waals surface area contributed by atoms with Gasteiger partial charge in [0, 0.05) is 13.1 Å². The molecule has 128 valence electrons. The lowest BCUT2D eigenvalue weighted by Crippen LogP contribution is -2.42. The van der Waals surface area contributed by atoms with Crippen molar-refractivity contribution < 1.29 is 35.9 Å². The molecular weight excluding hydrogens is 342 g/mol. The monoisotopic (exact) mass is 355 g/mol. The average molecular weight is 355 g/mol. The van der Waals surface area contributed by atoms with E-state index in [9.17, 15) is 30.8 Å². The van der Waals surface area contributed by atoms with Crippen LogP contribution in [0.4, 0.5) is 17.6 Å². The van der Waals surface area contributed by atoms with Crippen LogP contribution < -0.4 is 0 Å². The Morgan fingerprint density at radius 1 is 1.30 bits per heavy atom. The maximum absolute atomic E-state index is 13.6. The summed E-state index contributed by atoms with van der Waals surface area (Å²) in [6, 6.07) is 1.34. The van der Waals surface area contributed by atoms with Crippen molar-refractivity contribution in [1.82, 2.24) is 4.31 Å². The Balaban J connectivity index is 2.33. The highest BCUT2D eigenvalue weighted by atomic mass is 32.2. The second-order valence-electron chi connectivity index (χ2n) is 5.18. The molecule has 0 spiro atoms. The molecule has 1 aliphatic rings. The maximum Gasteiger partial charge on any atom is 0.419 e. The van der Waals surface area contributed by atoms with Crippen LogP contribution in [0.1, 0.15) is 18.4 Å². The van der Waals surface area contributed by atoms with Crippen molar-refractivity contribution in [2.45, 2.75) is 23.9 Å². The molecule has 1 aromatic rings. The largest absolute Gasteiger partial charge is 0.481 e. The summed E-state index contributed by atoms with van der Waals surface area (Å²) in [5, 5.41) is 8.96. The van der Waals surface area contributed by atoms with E-state index in [1.165, 1.54) is 0 Å². The number of rotatable bonds is 3. The first-order valence-corrected chi connectivity index (χ1v) is 8.07. The Hall–Kier alpha value is -1.68. The van der Waals surface area contributed by atoms with Crippen molar-refractivity contribution in [2.24, 2.45) is 5.92 Å². The number of alkyl halides is 3. The first-order chi connectivity index (χ1) is 10.5. The highest BCUT2D eigenvalue weighted by Gasteiger charge is 2.37. The Bertz CT molecular complexity index is 717. The van der Waals surface area contributed by atoms with E-state index in [0.717, 1.165) is 4.31 Å². The van der Waals surface area contributed by atoms with Crippen LogP contribution in [0.15, 0.2) is 23.1 Å². The topological polar surface area (TPSA) is 74.7 Å². The summed E-state index contributed by atoms with van der Waals surface area (Å²) in [5.74, 6) is -3.73. The van der Waals surface area contributed by atoms with Gasteiger partial charge in [-0.3, -0.25) is 4.79 Å². The minimum Gasteiger partial charge on any atom is -0.481 e. The number of halogens is 4. The number of carboxylic acid groups (broad SMARTS) is 1. The highest BCUT2D eigenvalue weighted by molar-refractivity contribution is 7.89. The molecule has 2 rings (SSSR count). The molecule has 1 heterocycles. The molecule has 1 aliphatic heterocycles. The van der Waals surface area contributed by atoms with E-state index in [2.05, 4.69) is 0 Å². The molecule has 1 atom stereocenters. The molecule has 0 saturated carbocycles. The molecule has 0 bridgehead atoms. The zero-order valence-corrected chi connectivity index (χ0v) is 12.5. The third kappa shape index (κ3) is 3.63. The zero-order chi connectivity index (χ0) is 17.4. The van der Waals surface area contributed by atoms with Crippen molar-refractivity contribution in [2.75, 3.05) is 13.1 Å². The molecule has 1 N–H and O–H groups in total. The molecule has 1 fully saturated rings. The third-order valence-corrected chi connectivity index (χ3v) is 5.48. The zero-order valence-electron chi connectivity index (χ0n) is 11.7. The standard InChI is InChI=1S/C13H13F4NO4S/c14-11-6-9(3-4-10(11)13(15,16)17)23(21,22)18-5-1-2-8(7-18)12(19)20/h3-4,6,8H,1-2,5,7H2,(H,19,20). The van der Waals surface area contributed by atoms with Gasteiger partial charge in [-0.25, -0.2) is 12.8 Å². The van der Waals surface area contributed by atoms with E-state index in [1.807, 2.05) is 0 Å². The number of hydrogen-bond donors (Lipinski definition) is 1. The van der Waals surface area contributed by atoms with Gasteiger partial charge < -0.3 is 5.11 Å². The summed E-state index contributed by atoms with van der Waals surface area (Å²) >= 11 is 0. The Labute approximate surface area is 129 Å². The molecule has 1 unspecified atom stereocenters. The fourth-order valence-electron chi connectivity index (χ4n) is 2.40. The number of aliphatic carboxylic acids is 1. The highest BCUT2D eigenvalue weighted by Crippen LogP contribution is 2.33. The van der Waals surface area contributed by atoms with Crippen molar-refractivity contribution >= 4 is 16.0 Å². The first-order valence-electron chi connectivity index (χ1n) is 6.63. The summed E-state index contributed by atoms with van der Waals surface area (Å²) in [4.78, 5) is 10.3. The van der Waals surface area contributed by atoms with Gasteiger partial charge in [0.05, 0.1) is 16.4 Å². The van der Waals surface area contributed by atoms with Gasteiger partial charge in [-0.05, 0) is 31.0 Å². The second-order valence-corrected chi connectivity index (χ2v) is 7.12. The lowest BCUT2D eigenvalue weighted by molar-refractivity contribution is -0.143. The minimum absolute atomic E-state index is 0.0365. The van der Waals surface area contributed by atoms with Crippen molar-refractivity contribution in [3.05, 3.63) is 29.6 Å². The van der Waals surface area contributed by atoms with Crippen LogP contribution in [0.2, 0.25) is 0 Å². The smallest absolute Gasteiger partial charge is 0.419 e. The van der Waals surface area contributed by atoms with Gasteiger partial charge in [0.15, 0.2) is 0 Å². The van der Waals surface area contributed by atoms with Gasteiger partial charge >= 0.3 is 12.1 Å². The SMILES string of the molecule is O=C(O)C1CCCN(S(=O)(=O)c2ccc(C(F)(F)F)c(F)c2)C1. The Kier molecular flexibility index (Phi) is 4.67. The molecule has 0 radical (unpaired) electrons. The number of carbonyl (C=O) groups is 1. The van der Waals surface area contributed by atoms with Gasteiger partial charge in [-0.15, -0.1) is 0 Å². The Morgan fingerprint density at radius 3 is 2.48 bits per heavy atom. The van der Waals surface area contributed by atoms with Crippen molar-refractivity contribution in [1.29, 1.82) is 0 Å². The Morgan fingerprint density at radius 2 is 1.96 bits per heavy atom. The predicted molar refractivity (Wildman–Crippen MR) is 70.5 cm³/mol. The van der Waals surface area contributed by atoms with Crippen LogP contribution in [0.25, 0.3) is 0 Å². The van der Waals surface area contributed by atoms with Gasteiger partial charge in [-0.1, -0.05) is 0 Å². The van der Waals surface area contributed by atoms with E-state index in [0.29, 0.717) is 31.0 Å². The first kappa shape index (κ1) is 17.7. The normalized spacial score (nSPS) is 20.4. The summed E-state index contributed by atoms with van der Waals surface area (Å²) in [5.41, 5.74) is -1.56. The van der Waals surface area contributed by atoms with Crippen LogP contribution in [-0.2, 0) is 21.0 Å². The van der Waals surface area contributed by atoms with Crippen molar-refractivity contribution in [3.8, 4) is 0 Å². The van der Waals surface area contributed by atoms with Gasteiger partial charge in [0.25, 0.3) is 0 Å². The fraction of sp³-hybridized carbons (Fsp3) is 0.462. The number of sulfonamides is 1. The maximum atomic E-state index is 13.6. The van der Waals surface area contributed by atoms with Gasteiger partial charge in [0.1, 0.15) is 5.82 Å². The lowest BCUT2D eigenvalue weighted by Gasteiger charge is -2.29. The molecule has 10 heteroatoms. The fourth-order valence-corrected chi connectivity index (χ4v) is 3.93. The molecule has 1 saturated heterocycles. The number of benzene rings is 1. The molecule has 0 amide bonds. The summed E-state index contributed by atoms with van der Waals surface area (Å²) < 4.78 is 76.6. The second kappa shape index (κ2) is 6.08. The number of carboxylic acids is 1. The summed E-state index contributed by atoms with van der Waals surface area (Å²) in [6.45, 7) is -0.255. The molecular formula is C13H13F4NO4S. The van der Waals surface area contributed by atoms with E-state index in [-0.39, 0.29) is 13.1 Å². The van der Waals surface area contributed by atoms with Crippen LogP contribution in [-0.4, -0.2) is 36.9 Å². The molecule has 5 nitrogen and oxygen atoms in total. The van der Waals surface area contributed by atoms with Crippen LogP contribution in [0.5, 0.6) is 0 Å². The molecule has 23 heavy (non-hydrogen) atoms. The van der Waals surface area contributed by atoms with Crippen molar-refractivity contribution in [3.63, 3.8) is 0 Å². The van der Waals surface area contributed by atoms with Crippen LogP contribution >= 0.6 is 0 Å². The van der Waals surface area contributed by atoms with Gasteiger partial charge in [0.2, 0.25) is 10.0 Å². The van der Waals surface area contributed by atoms with Crippen LogP contribution in [0.3, 0.4) is 0 Å². The average Bonchev–Trinajstić information content (AvgIpc) is 2.45. The quantitative estimate of drug-likeness (QED) is 0.845. The minimum atomic E-state index is -4.92. The third-order valence-electron chi connectivity index (χ3n) is 3.62. The van der Waals surface area contributed by atoms with E-state index < -0.39 is 44.4 Å². The van der Waals surface area contributed by atoms with Crippen LogP contribution in [0, 0.1) is 11.7 Å². The number of hydrogen-bond acceptors (Lipinski definition) is 3.